The monoisotopic (exact) mass is 386 g/mol. The van der Waals surface area contributed by atoms with Gasteiger partial charge in [-0.1, -0.05) is 19.1 Å². The molecule has 0 N–H and O–H groups in total. The predicted molar refractivity (Wildman–Crippen MR) is 76.3 cm³/mol. The van der Waals surface area contributed by atoms with Crippen LogP contribution in [-0.2, 0) is 24.9 Å². The lowest BCUT2D eigenvalue weighted by molar-refractivity contribution is -0.142. The highest BCUT2D eigenvalue weighted by Crippen LogP contribution is 2.45. The Labute approximate surface area is 142 Å². The van der Waals surface area contributed by atoms with Gasteiger partial charge in [0.2, 0.25) is 0 Å². The van der Waals surface area contributed by atoms with Crippen molar-refractivity contribution in [2.75, 3.05) is 0 Å². The molecule has 0 bridgehead atoms. The molecule has 0 fully saturated rings. The molecule has 2 rings (SSSR count). The van der Waals surface area contributed by atoms with Crippen LogP contribution in [0.1, 0.15) is 29.2 Å². The van der Waals surface area contributed by atoms with Crippen LogP contribution in [0.3, 0.4) is 0 Å². The highest BCUT2D eigenvalue weighted by atomic mass is 19.4. The van der Waals surface area contributed by atoms with Gasteiger partial charge in [-0.25, -0.2) is 0 Å². The number of hydrogen-bond acceptors (Lipinski definition) is 0. The maximum atomic E-state index is 13.2. The second kappa shape index (κ2) is 6.51. The van der Waals surface area contributed by atoms with E-state index in [-0.39, 0.29) is 12.0 Å². The standard InChI is InChI=1S/C17H11F9/c1-2-9-6-10(8-11(7-9)15(18,19)20)14-12(16(21,22)23)4-3-5-13(14)17(24,25)26/h3-8H,2H2,1H3. The predicted octanol–water partition coefficient (Wildman–Crippen LogP) is 6.97. The van der Waals surface area contributed by atoms with Crippen LogP contribution in [0.4, 0.5) is 39.5 Å². The van der Waals surface area contributed by atoms with Crippen LogP contribution in [0, 0.1) is 0 Å². The largest absolute Gasteiger partial charge is 0.417 e. The molecule has 9 heteroatoms. The van der Waals surface area contributed by atoms with Gasteiger partial charge in [-0.15, -0.1) is 0 Å². The van der Waals surface area contributed by atoms with E-state index in [1.807, 2.05) is 0 Å². The molecule has 0 heterocycles. The highest BCUT2D eigenvalue weighted by molar-refractivity contribution is 5.74. The van der Waals surface area contributed by atoms with Crippen LogP contribution in [0.5, 0.6) is 0 Å². The van der Waals surface area contributed by atoms with Crippen LogP contribution < -0.4 is 0 Å². The molecule has 0 aliphatic carbocycles. The lowest BCUT2D eigenvalue weighted by atomic mass is 9.90. The maximum absolute atomic E-state index is 13.2. The van der Waals surface area contributed by atoms with E-state index < -0.39 is 46.3 Å². The molecule has 0 atom stereocenters. The SMILES string of the molecule is CCc1cc(-c2c(C(F)(F)F)cccc2C(F)(F)F)cc(C(F)(F)F)c1. The number of rotatable bonds is 2. The molecule has 0 aliphatic heterocycles. The van der Waals surface area contributed by atoms with Crippen molar-refractivity contribution >= 4 is 0 Å². The zero-order valence-electron chi connectivity index (χ0n) is 13.1. The average molecular weight is 386 g/mol. The van der Waals surface area contributed by atoms with Gasteiger partial charge in [0.05, 0.1) is 16.7 Å². The molecule has 2 aromatic carbocycles. The molecule has 0 nitrogen and oxygen atoms in total. The molecule has 0 amide bonds. The fourth-order valence-electron chi connectivity index (χ4n) is 2.54. The van der Waals surface area contributed by atoms with Crippen LogP contribution in [0.25, 0.3) is 11.1 Å². The van der Waals surface area contributed by atoms with E-state index in [0.717, 1.165) is 6.07 Å². The zero-order chi connectivity index (χ0) is 19.9. The summed E-state index contributed by atoms with van der Waals surface area (Å²) < 4.78 is 118. The van der Waals surface area contributed by atoms with Crippen molar-refractivity contribution in [1.82, 2.24) is 0 Å². The van der Waals surface area contributed by atoms with E-state index in [2.05, 4.69) is 0 Å². The van der Waals surface area contributed by atoms with Gasteiger partial charge in [0.1, 0.15) is 0 Å². The van der Waals surface area contributed by atoms with E-state index in [1.165, 1.54) is 6.92 Å². The molecule has 0 aromatic heterocycles. The Bertz CT molecular complexity index is 763. The van der Waals surface area contributed by atoms with Gasteiger partial charge in [0.15, 0.2) is 0 Å². The fraction of sp³-hybridized carbons (Fsp3) is 0.294. The minimum Gasteiger partial charge on any atom is -0.166 e. The van der Waals surface area contributed by atoms with Gasteiger partial charge in [-0.3, -0.25) is 0 Å². The minimum absolute atomic E-state index is 0.00640. The van der Waals surface area contributed by atoms with Gasteiger partial charge in [0, 0.05) is 5.56 Å². The first-order valence-electron chi connectivity index (χ1n) is 7.24. The summed E-state index contributed by atoms with van der Waals surface area (Å²) in [5.74, 6) is 0. The molecule has 0 unspecified atom stereocenters. The Morgan fingerprint density at radius 2 is 1.19 bits per heavy atom. The van der Waals surface area contributed by atoms with Crippen molar-refractivity contribution in [3.05, 3.63) is 58.7 Å². The van der Waals surface area contributed by atoms with Gasteiger partial charge in [0.25, 0.3) is 0 Å². The first kappa shape index (κ1) is 20.1. The van der Waals surface area contributed by atoms with Crippen molar-refractivity contribution < 1.29 is 39.5 Å². The third kappa shape index (κ3) is 4.13. The van der Waals surface area contributed by atoms with Gasteiger partial charge < -0.3 is 0 Å². The fourth-order valence-corrected chi connectivity index (χ4v) is 2.54. The van der Waals surface area contributed by atoms with E-state index in [9.17, 15) is 39.5 Å². The summed E-state index contributed by atoms with van der Waals surface area (Å²) >= 11 is 0. The summed E-state index contributed by atoms with van der Waals surface area (Å²) in [4.78, 5) is 0. The molecule has 0 radical (unpaired) electrons. The molecule has 0 aliphatic rings. The summed E-state index contributed by atoms with van der Waals surface area (Å²) in [5.41, 5.74) is -6.72. The van der Waals surface area contributed by atoms with Crippen LogP contribution in [0.15, 0.2) is 36.4 Å². The minimum atomic E-state index is -5.17. The lowest BCUT2D eigenvalue weighted by Crippen LogP contribution is -2.15. The van der Waals surface area contributed by atoms with Crippen LogP contribution in [-0.4, -0.2) is 0 Å². The summed E-state index contributed by atoms with van der Waals surface area (Å²) in [6, 6.07) is 3.32. The van der Waals surface area contributed by atoms with E-state index >= 15 is 0 Å². The van der Waals surface area contributed by atoms with Crippen molar-refractivity contribution in [2.45, 2.75) is 31.9 Å². The van der Waals surface area contributed by atoms with Crippen molar-refractivity contribution in [3.63, 3.8) is 0 Å². The Balaban J connectivity index is 2.91. The van der Waals surface area contributed by atoms with Crippen molar-refractivity contribution in [3.8, 4) is 11.1 Å². The van der Waals surface area contributed by atoms with Crippen molar-refractivity contribution in [1.29, 1.82) is 0 Å². The van der Waals surface area contributed by atoms with Gasteiger partial charge >= 0.3 is 18.5 Å². The lowest BCUT2D eigenvalue weighted by Gasteiger charge is -2.20. The van der Waals surface area contributed by atoms with E-state index in [4.69, 9.17) is 0 Å². The Morgan fingerprint density at radius 3 is 1.58 bits per heavy atom. The van der Waals surface area contributed by atoms with Crippen LogP contribution in [0.2, 0.25) is 0 Å². The summed E-state index contributed by atoms with van der Waals surface area (Å²) in [7, 11) is 0. The summed E-state index contributed by atoms with van der Waals surface area (Å²) in [5, 5.41) is 0. The molecular weight excluding hydrogens is 375 g/mol. The summed E-state index contributed by atoms with van der Waals surface area (Å²) in [6.07, 6.45) is -15.2. The van der Waals surface area contributed by atoms with Crippen LogP contribution >= 0.6 is 0 Å². The zero-order valence-corrected chi connectivity index (χ0v) is 13.1. The molecule has 26 heavy (non-hydrogen) atoms. The Hall–Kier alpha value is -2.19. The normalized spacial score (nSPS) is 13.2. The number of hydrogen-bond donors (Lipinski definition) is 0. The topological polar surface area (TPSA) is 0 Å². The molecule has 2 aromatic rings. The molecule has 142 valence electrons. The van der Waals surface area contributed by atoms with Gasteiger partial charge in [-0.05, 0) is 41.8 Å². The number of benzene rings is 2. The van der Waals surface area contributed by atoms with E-state index in [0.29, 0.717) is 30.3 Å². The molecule has 0 saturated carbocycles. The van der Waals surface area contributed by atoms with Gasteiger partial charge in [-0.2, -0.15) is 39.5 Å². The summed E-state index contributed by atoms with van der Waals surface area (Å²) in [6.45, 7) is 1.44. The first-order valence-corrected chi connectivity index (χ1v) is 7.24. The smallest absolute Gasteiger partial charge is 0.166 e. The molecular formula is C17H11F9. The third-order valence-electron chi connectivity index (χ3n) is 3.69. The Kier molecular flexibility index (Phi) is 5.04. The second-order valence-electron chi connectivity index (χ2n) is 5.49. The average Bonchev–Trinajstić information content (AvgIpc) is 2.51. The number of halogens is 9. The highest BCUT2D eigenvalue weighted by Gasteiger charge is 2.41. The van der Waals surface area contributed by atoms with Crippen molar-refractivity contribution in [2.24, 2.45) is 0 Å². The molecule has 0 saturated heterocycles. The maximum Gasteiger partial charge on any atom is 0.417 e. The molecule has 0 spiro atoms. The third-order valence-corrected chi connectivity index (χ3v) is 3.69. The first-order chi connectivity index (χ1) is 11.7. The Morgan fingerprint density at radius 1 is 0.692 bits per heavy atom. The van der Waals surface area contributed by atoms with E-state index in [1.54, 1.807) is 0 Å². The second-order valence-corrected chi connectivity index (χ2v) is 5.49. The number of alkyl halides is 9. The quantitative estimate of drug-likeness (QED) is 0.489. The number of aryl methyl sites for hydroxylation is 1.